The van der Waals surface area contributed by atoms with E-state index < -0.39 is 0 Å². The van der Waals surface area contributed by atoms with Gasteiger partial charge in [-0.1, -0.05) is 187 Å². The molecule has 0 N–H and O–H groups in total. The van der Waals surface area contributed by atoms with Crippen molar-refractivity contribution in [1.82, 2.24) is 29.4 Å². The highest BCUT2D eigenvalue weighted by atomic mass is 15.3. The Kier molecular flexibility index (Phi) is 32.6. The van der Waals surface area contributed by atoms with Gasteiger partial charge in [0.05, 0.1) is 0 Å². The van der Waals surface area contributed by atoms with Crippen LogP contribution in [0.4, 0.5) is 0 Å². The number of rotatable bonds is 0. The Morgan fingerprint density at radius 1 is 0.312 bits per heavy atom. The zero-order valence-corrected chi connectivity index (χ0v) is 70.4. The van der Waals surface area contributed by atoms with Crippen molar-refractivity contribution in [3.8, 4) is 0 Å². The summed E-state index contributed by atoms with van der Waals surface area (Å²) in [5.74, 6) is 0. The van der Waals surface area contributed by atoms with Gasteiger partial charge in [0.15, 0.2) is 0 Å². The minimum atomic E-state index is 0. The molecular formula is C89H189N7. The van der Waals surface area contributed by atoms with Crippen molar-refractivity contribution in [2.45, 2.75) is 436 Å². The average Bonchev–Trinajstić information content (AvgIpc) is 1.51. The van der Waals surface area contributed by atoms with Crippen molar-refractivity contribution in [3.05, 3.63) is 35.4 Å². The first kappa shape index (κ1) is 106. The van der Waals surface area contributed by atoms with E-state index in [9.17, 15) is 0 Å². The van der Waals surface area contributed by atoms with E-state index in [2.05, 4.69) is 392 Å². The Labute approximate surface area is 611 Å². The number of hydrogen-bond acceptors (Lipinski definition) is 7. The quantitative estimate of drug-likeness (QED) is 0.241. The van der Waals surface area contributed by atoms with Crippen LogP contribution in [0.2, 0.25) is 0 Å². The highest BCUT2D eigenvalue weighted by Crippen LogP contribution is 2.82. The minimum Gasteiger partial charge on any atom is -0.298 e. The first-order valence-corrected chi connectivity index (χ1v) is 35.3. The predicted molar refractivity (Wildman–Crippen MR) is 447 cm³/mol. The molecule has 0 bridgehead atoms. The van der Waals surface area contributed by atoms with Crippen LogP contribution in [0.25, 0.3) is 0 Å². The molecule has 0 spiro atoms. The van der Waals surface area contributed by atoms with Gasteiger partial charge in [0.1, 0.15) is 0 Å². The van der Waals surface area contributed by atoms with Crippen LogP contribution >= 0.6 is 0 Å². The number of fused-ring (bicyclic) bond motifs is 3. The summed E-state index contributed by atoms with van der Waals surface area (Å²) in [5, 5.41) is 0. The summed E-state index contributed by atoms with van der Waals surface area (Å²) < 4.78 is 0. The van der Waals surface area contributed by atoms with Crippen molar-refractivity contribution in [3.63, 3.8) is 0 Å². The van der Waals surface area contributed by atoms with Gasteiger partial charge >= 0.3 is 0 Å². The lowest BCUT2D eigenvalue weighted by Crippen LogP contribution is -2.76. The van der Waals surface area contributed by atoms with Gasteiger partial charge in [0, 0.05) is 79.2 Å². The molecule has 4 atom stereocenters. The SMILES string of the molecule is C.C.C.C.C.C.C.CN(C(C)(C)C)C(C)(C)C.CN1C(C)(C)C(C)(C)C(C)(C)C(C)(C)C1(C)C.CN1C(C)(C)C(C)(C)C(C)(C)C1(C)C.CN1C(C)(C)C(C)(C)C2(C)CC2(C)C1(C)C.CN1C(C)(C)C2(C)CC2(C)C1(C)C.CN1C(C)(C)c2ccccc2C1(C)C.CN=C(C)C. The Balaban J connectivity index is -0.000000247. The second kappa shape index (κ2) is 29.7. The molecule has 580 valence electrons. The molecule has 96 heavy (non-hydrogen) atoms. The molecule has 0 amide bonds. The fraction of sp³-hybridized carbons (Fsp3) is 0.921. The fourth-order valence-corrected chi connectivity index (χ4v) is 19.0. The van der Waals surface area contributed by atoms with E-state index in [-0.39, 0.29) is 118 Å². The first-order chi connectivity index (χ1) is 38.3. The maximum Gasteiger partial charge on any atom is 0.0413 e. The third-order valence-electron chi connectivity index (χ3n) is 34.5. The summed E-state index contributed by atoms with van der Waals surface area (Å²) in [6.45, 7) is 104. The van der Waals surface area contributed by atoms with E-state index in [1.165, 1.54) is 24.0 Å². The van der Waals surface area contributed by atoms with Gasteiger partial charge in [-0.05, 0) is 314 Å². The summed E-state index contributed by atoms with van der Waals surface area (Å²) in [6, 6.07) is 8.77. The monoisotopic (exact) mass is 1360 g/mol. The van der Waals surface area contributed by atoms with Crippen molar-refractivity contribution in [1.29, 1.82) is 0 Å². The van der Waals surface area contributed by atoms with E-state index in [4.69, 9.17) is 0 Å². The molecule has 2 saturated carbocycles. The summed E-state index contributed by atoms with van der Waals surface area (Å²) >= 11 is 0. The van der Waals surface area contributed by atoms with Crippen LogP contribution in [-0.2, 0) is 11.1 Å². The molecule has 8 rings (SSSR count). The Morgan fingerprint density at radius 2 is 0.490 bits per heavy atom. The molecule has 1 aromatic rings. The lowest BCUT2D eigenvalue weighted by Gasteiger charge is -2.73. The average molecular weight is 1360 g/mol. The number of benzene rings is 1. The van der Waals surface area contributed by atoms with Crippen LogP contribution in [0.15, 0.2) is 29.3 Å². The highest BCUT2D eigenvalue weighted by Gasteiger charge is 2.82. The number of likely N-dealkylation sites (tertiary alicyclic amines) is 4. The Hall–Kier alpha value is -1.35. The molecule has 4 saturated heterocycles. The molecule has 5 heterocycles. The van der Waals surface area contributed by atoms with Gasteiger partial charge in [-0.3, -0.25) is 34.4 Å². The normalized spacial score (nSPS) is 31.2. The molecule has 0 radical (unpaired) electrons. The Bertz CT molecular complexity index is 2500. The van der Waals surface area contributed by atoms with Crippen molar-refractivity contribution >= 4 is 5.71 Å². The predicted octanol–water partition coefficient (Wildman–Crippen LogP) is 26.1. The zero-order chi connectivity index (χ0) is 72.1. The van der Waals surface area contributed by atoms with Crippen LogP contribution in [-0.4, -0.2) is 140 Å². The van der Waals surface area contributed by atoms with E-state index in [1.54, 1.807) is 7.05 Å². The molecule has 2 aliphatic carbocycles. The molecule has 7 nitrogen and oxygen atoms in total. The van der Waals surface area contributed by atoms with E-state index >= 15 is 0 Å². The van der Waals surface area contributed by atoms with E-state index in [1.807, 2.05) is 13.8 Å². The molecule has 5 aliphatic heterocycles. The van der Waals surface area contributed by atoms with Crippen molar-refractivity contribution in [2.75, 3.05) is 49.3 Å². The van der Waals surface area contributed by atoms with Gasteiger partial charge in [-0.25, -0.2) is 0 Å². The van der Waals surface area contributed by atoms with Gasteiger partial charge in [-0.15, -0.1) is 0 Å². The van der Waals surface area contributed by atoms with E-state index in [0.717, 1.165) is 5.71 Å². The largest absolute Gasteiger partial charge is 0.298 e. The lowest BCUT2D eigenvalue weighted by atomic mass is 9.41. The second-order valence-electron chi connectivity index (χ2n) is 41.4. The van der Waals surface area contributed by atoms with Gasteiger partial charge in [0.25, 0.3) is 0 Å². The van der Waals surface area contributed by atoms with Crippen molar-refractivity contribution in [2.24, 2.45) is 59.1 Å². The van der Waals surface area contributed by atoms with Crippen LogP contribution in [0, 0.1) is 54.1 Å². The van der Waals surface area contributed by atoms with Gasteiger partial charge < -0.3 is 0 Å². The van der Waals surface area contributed by atoms with Crippen molar-refractivity contribution < 1.29 is 0 Å². The number of piperidine rings is 3. The molecule has 6 fully saturated rings. The number of hydrogen-bond donors (Lipinski definition) is 0. The summed E-state index contributed by atoms with van der Waals surface area (Å²) in [6.07, 6.45) is 2.76. The lowest BCUT2D eigenvalue weighted by molar-refractivity contribution is -0.238. The summed E-state index contributed by atoms with van der Waals surface area (Å²) in [7, 11) is 15.3. The fourth-order valence-electron chi connectivity index (χ4n) is 19.0. The third kappa shape index (κ3) is 14.8. The molecule has 4 unspecified atom stereocenters. The third-order valence-corrected chi connectivity index (χ3v) is 34.5. The molecule has 0 aromatic heterocycles. The number of nitrogens with zero attached hydrogens (tertiary/aromatic N) is 7. The summed E-state index contributed by atoms with van der Waals surface area (Å²) in [5.41, 5.74) is 10.8. The maximum atomic E-state index is 3.81. The summed E-state index contributed by atoms with van der Waals surface area (Å²) in [4.78, 5) is 19.0. The molecule has 7 heteroatoms. The first-order valence-electron chi connectivity index (χ1n) is 35.3. The van der Waals surface area contributed by atoms with E-state index in [0.29, 0.717) is 54.5 Å². The molecule has 7 aliphatic rings. The van der Waals surface area contributed by atoms with Gasteiger partial charge in [0.2, 0.25) is 0 Å². The zero-order valence-electron chi connectivity index (χ0n) is 70.4. The molecular weight excluding hydrogens is 1170 g/mol. The number of aliphatic imine (C=N–C) groups is 1. The minimum absolute atomic E-state index is 0. The Morgan fingerprint density at radius 3 is 0.677 bits per heavy atom. The van der Waals surface area contributed by atoms with Crippen LogP contribution in [0.1, 0.15) is 381 Å². The maximum absolute atomic E-state index is 3.81. The highest BCUT2D eigenvalue weighted by molar-refractivity contribution is 5.78. The standard InChI is InChI=1S/C16H33N.C15H29N.C13H19N.C13H27N.C12H23N.C9H21N.C4H9N.7CH4/c1-12(2)13(3,4)15(7,8)17(11)16(9,10)14(12,5)6;1-11(2)12(3,4)16(9)13(5,6)15(8)10-14(11,15)7;1-12(2)10-8-6-7-9-11(10)13(3,4)14(12)5;1-10(2)11(3,4)13(7,8)14(9)12(10,5)6;1-9(2)11(5)8-12(11,6)10(3,4)13(9)7;1-8(2,3)10(7)9(4,5)6;1-4(2)5-3;;;;;;;/h1-11H3;10H2,1-9H3;6-9H,1-5H3;1-9H3;8H2,1-7H3;1-7H3;1-3H3;7*1H4. The second-order valence-corrected chi connectivity index (χ2v) is 41.4. The molecule has 1 aromatic carbocycles. The van der Waals surface area contributed by atoms with Crippen LogP contribution in [0.5, 0.6) is 0 Å². The van der Waals surface area contributed by atoms with Crippen LogP contribution < -0.4 is 0 Å². The smallest absolute Gasteiger partial charge is 0.0413 e. The topological polar surface area (TPSA) is 31.8 Å². The van der Waals surface area contributed by atoms with Gasteiger partial charge in [-0.2, -0.15) is 0 Å². The van der Waals surface area contributed by atoms with Crippen LogP contribution in [0.3, 0.4) is 0 Å².